The second kappa shape index (κ2) is 6.52. The smallest absolute Gasteiger partial charge is 0.302 e. The maximum atomic E-state index is 12.3. The van der Waals surface area contributed by atoms with Crippen molar-refractivity contribution in [2.45, 2.75) is 38.2 Å². The average molecular weight is 325 g/mol. The first-order chi connectivity index (χ1) is 10.6. The third-order valence-electron chi connectivity index (χ3n) is 4.31. The highest BCUT2D eigenvalue weighted by molar-refractivity contribution is 7.90. The van der Waals surface area contributed by atoms with Gasteiger partial charge in [0.25, 0.3) is 0 Å². The molecule has 1 N–H and O–H groups in total. The lowest BCUT2D eigenvalue weighted by Gasteiger charge is -2.26. The Morgan fingerprint density at radius 3 is 2.55 bits per heavy atom. The Kier molecular flexibility index (Phi) is 4.65. The lowest BCUT2D eigenvalue weighted by molar-refractivity contribution is 0.0843. The van der Waals surface area contributed by atoms with E-state index < -0.39 is 10.2 Å². The van der Waals surface area contributed by atoms with Crippen LogP contribution in [0.5, 0.6) is 0 Å². The molecule has 0 spiro atoms. The van der Waals surface area contributed by atoms with Crippen molar-refractivity contribution < 1.29 is 13.2 Å². The lowest BCUT2D eigenvalue weighted by Crippen LogP contribution is -2.39. The Balaban J connectivity index is 1.67. The van der Waals surface area contributed by atoms with Crippen LogP contribution in [0.25, 0.3) is 0 Å². The van der Waals surface area contributed by atoms with Crippen LogP contribution in [0, 0.1) is 5.92 Å². The number of hydrogen-bond donors (Lipinski definition) is 1. The number of nitrogens with zero attached hydrogens (tertiary/aromatic N) is 2. The molecule has 0 amide bonds. The molecule has 7 heteroatoms. The number of hydrogen-bond acceptors (Lipinski definition) is 4. The SMILES string of the molecule is COC(c1ccc(NS(=O)(=O)N2CCCCC2)nc1)C1CC1. The van der Waals surface area contributed by atoms with Crippen LogP contribution in [0.15, 0.2) is 18.3 Å². The molecule has 6 nitrogen and oxygen atoms in total. The summed E-state index contributed by atoms with van der Waals surface area (Å²) in [5.41, 5.74) is 1.01. The van der Waals surface area contributed by atoms with E-state index in [1.807, 2.05) is 6.07 Å². The van der Waals surface area contributed by atoms with E-state index in [1.165, 1.54) is 17.1 Å². The number of rotatable bonds is 6. The van der Waals surface area contributed by atoms with Gasteiger partial charge in [0.1, 0.15) is 5.82 Å². The minimum Gasteiger partial charge on any atom is -0.376 e. The molecule has 0 bridgehead atoms. The fraction of sp³-hybridized carbons (Fsp3) is 0.667. The fourth-order valence-electron chi connectivity index (χ4n) is 2.94. The van der Waals surface area contributed by atoms with Gasteiger partial charge in [-0.1, -0.05) is 12.5 Å². The van der Waals surface area contributed by atoms with Gasteiger partial charge in [0.05, 0.1) is 6.10 Å². The summed E-state index contributed by atoms with van der Waals surface area (Å²) in [5, 5.41) is 0. The summed E-state index contributed by atoms with van der Waals surface area (Å²) in [6.45, 7) is 1.17. The second-order valence-electron chi connectivity index (χ2n) is 6.04. The molecular weight excluding hydrogens is 302 g/mol. The Bertz CT molecular complexity index is 593. The number of methoxy groups -OCH3 is 1. The quantitative estimate of drug-likeness (QED) is 0.871. The van der Waals surface area contributed by atoms with E-state index >= 15 is 0 Å². The zero-order valence-corrected chi connectivity index (χ0v) is 13.7. The molecule has 1 aliphatic carbocycles. The number of anilines is 1. The first kappa shape index (κ1) is 15.7. The summed E-state index contributed by atoms with van der Waals surface area (Å²) in [6, 6.07) is 3.61. The summed E-state index contributed by atoms with van der Waals surface area (Å²) in [6.07, 6.45) is 7.08. The van der Waals surface area contributed by atoms with Crippen LogP contribution in [0.4, 0.5) is 5.82 Å². The van der Waals surface area contributed by atoms with Crippen LogP contribution in [-0.4, -0.2) is 37.9 Å². The van der Waals surface area contributed by atoms with E-state index in [0.717, 1.165) is 24.8 Å². The molecule has 2 aliphatic rings. The van der Waals surface area contributed by atoms with Gasteiger partial charge >= 0.3 is 10.2 Å². The van der Waals surface area contributed by atoms with E-state index in [0.29, 0.717) is 24.8 Å². The molecule has 0 radical (unpaired) electrons. The van der Waals surface area contributed by atoms with Crippen molar-refractivity contribution in [2.24, 2.45) is 5.92 Å². The van der Waals surface area contributed by atoms with Crippen molar-refractivity contribution in [3.63, 3.8) is 0 Å². The van der Waals surface area contributed by atoms with Gasteiger partial charge in [-0.15, -0.1) is 0 Å². The molecule has 2 heterocycles. The summed E-state index contributed by atoms with van der Waals surface area (Å²) in [5.74, 6) is 0.933. The van der Waals surface area contributed by atoms with E-state index in [4.69, 9.17) is 4.74 Å². The Morgan fingerprint density at radius 1 is 1.27 bits per heavy atom. The van der Waals surface area contributed by atoms with Crippen LogP contribution in [0.2, 0.25) is 0 Å². The van der Waals surface area contributed by atoms with Crippen LogP contribution in [0.3, 0.4) is 0 Å². The molecule has 1 saturated heterocycles. The topological polar surface area (TPSA) is 71.5 Å². The number of ether oxygens (including phenoxy) is 1. The number of nitrogens with one attached hydrogen (secondary N) is 1. The Labute approximate surface area is 132 Å². The minimum atomic E-state index is -3.49. The van der Waals surface area contributed by atoms with E-state index in [-0.39, 0.29) is 6.10 Å². The highest BCUT2D eigenvalue weighted by Gasteiger charge is 2.32. The molecule has 0 aromatic carbocycles. The van der Waals surface area contributed by atoms with Gasteiger partial charge in [-0.25, -0.2) is 4.98 Å². The first-order valence-electron chi connectivity index (χ1n) is 7.87. The molecule has 1 unspecified atom stereocenters. The number of piperidine rings is 1. The van der Waals surface area contributed by atoms with Gasteiger partial charge in [0, 0.05) is 26.4 Å². The number of pyridine rings is 1. The predicted octanol–water partition coefficient (Wildman–Crippen LogP) is 2.32. The van der Waals surface area contributed by atoms with Crippen LogP contribution in [0.1, 0.15) is 43.8 Å². The molecule has 1 aromatic rings. The van der Waals surface area contributed by atoms with Gasteiger partial charge in [0.2, 0.25) is 0 Å². The molecule has 1 saturated carbocycles. The highest BCUT2D eigenvalue weighted by Crippen LogP contribution is 2.42. The van der Waals surface area contributed by atoms with Crippen molar-refractivity contribution in [3.8, 4) is 0 Å². The monoisotopic (exact) mass is 325 g/mol. The van der Waals surface area contributed by atoms with Crippen molar-refractivity contribution >= 4 is 16.0 Å². The Morgan fingerprint density at radius 2 is 2.00 bits per heavy atom. The summed E-state index contributed by atoms with van der Waals surface area (Å²) in [4.78, 5) is 4.24. The summed E-state index contributed by atoms with van der Waals surface area (Å²) >= 11 is 0. The maximum Gasteiger partial charge on any atom is 0.302 e. The summed E-state index contributed by atoms with van der Waals surface area (Å²) in [7, 11) is -1.79. The van der Waals surface area contributed by atoms with Gasteiger partial charge in [-0.05, 0) is 43.2 Å². The van der Waals surface area contributed by atoms with Gasteiger partial charge in [0.15, 0.2) is 0 Å². The summed E-state index contributed by atoms with van der Waals surface area (Å²) < 4.78 is 34.2. The second-order valence-corrected chi connectivity index (χ2v) is 7.71. The molecule has 22 heavy (non-hydrogen) atoms. The van der Waals surface area contributed by atoms with Crippen molar-refractivity contribution in [3.05, 3.63) is 23.9 Å². The van der Waals surface area contributed by atoms with E-state index in [2.05, 4.69) is 9.71 Å². The standard InChI is InChI=1S/C15H23N3O3S/c1-21-15(12-5-6-12)13-7-8-14(16-11-13)17-22(19,20)18-9-3-2-4-10-18/h7-8,11-12,15H,2-6,9-10H2,1H3,(H,16,17). The lowest BCUT2D eigenvalue weighted by atomic mass is 10.1. The Hall–Kier alpha value is -1.18. The van der Waals surface area contributed by atoms with Gasteiger partial charge in [-0.3, -0.25) is 4.72 Å². The third-order valence-corrected chi connectivity index (χ3v) is 5.82. The normalized spacial score (nSPS) is 21.5. The van der Waals surface area contributed by atoms with Crippen molar-refractivity contribution in [1.82, 2.24) is 9.29 Å². The largest absolute Gasteiger partial charge is 0.376 e. The van der Waals surface area contributed by atoms with Crippen LogP contribution in [-0.2, 0) is 14.9 Å². The molecule has 2 fully saturated rings. The van der Waals surface area contributed by atoms with Crippen molar-refractivity contribution in [2.75, 3.05) is 24.9 Å². The van der Waals surface area contributed by atoms with Gasteiger partial charge < -0.3 is 4.74 Å². The fourth-order valence-corrected chi connectivity index (χ4v) is 4.19. The molecule has 3 rings (SSSR count). The van der Waals surface area contributed by atoms with Crippen LogP contribution >= 0.6 is 0 Å². The highest BCUT2D eigenvalue weighted by atomic mass is 32.2. The predicted molar refractivity (Wildman–Crippen MR) is 84.7 cm³/mol. The van der Waals surface area contributed by atoms with E-state index in [9.17, 15) is 8.42 Å². The van der Waals surface area contributed by atoms with Crippen molar-refractivity contribution in [1.29, 1.82) is 0 Å². The van der Waals surface area contributed by atoms with Gasteiger partial charge in [-0.2, -0.15) is 12.7 Å². The molecule has 122 valence electrons. The average Bonchev–Trinajstić information content (AvgIpc) is 3.35. The first-order valence-corrected chi connectivity index (χ1v) is 9.31. The number of aromatic nitrogens is 1. The molecular formula is C15H23N3O3S. The molecule has 1 aromatic heterocycles. The van der Waals surface area contributed by atoms with E-state index in [1.54, 1.807) is 19.4 Å². The van der Waals surface area contributed by atoms with Crippen LogP contribution < -0.4 is 4.72 Å². The molecule has 1 aliphatic heterocycles. The maximum absolute atomic E-state index is 12.3. The zero-order chi connectivity index (χ0) is 15.6. The minimum absolute atomic E-state index is 0.0697. The molecule has 1 atom stereocenters. The third kappa shape index (κ3) is 3.59. The zero-order valence-electron chi connectivity index (χ0n) is 12.9.